The van der Waals surface area contributed by atoms with E-state index in [4.69, 9.17) is 4.74 Å². The van der Waals surface area contributed by atoms with Gasteiger partial charge in [0.05, 0.1) is 6.10 Å². The van der Waals surface area contributed by atoms with Gasteiger partial charge >= 0.3 is 0 Å². The molecule has 4 aromatic rings. The number of fused-ring (bicyclic) bond motifs is 2. The zero-order chi connectivity index (χ0) is 26.6. The quantitative estimate of drug-likeness (QED) is 0.232. The SMILES string of the molecule is Cc1ccc([C@@H]2C[C@H](CCCN[C@H](C)c3cccc4ccccc34)Oc3ccccc32)cc1C(=O)N(C)C.Cl. The van der Waals surface area contributed by atoms with Crippen molar-refractivity contribution in [2.75, 3.05) is 20.6 Å². The normalized spacial score (nSPS) is 17.0. The van der Waals surface area contributed by atoms with E-state index in [0.717, 1.165) is 42.7 Å². The summed E-state index contributed by atoms with van der Waals surface area (Å²) in [6.45, 7) is 5.19. The maximum atomic E-state index is 12.8. The van der Waals surface area contributed by atoms with E-state index in [1.807, 2.05) is 27.1 Å². The van der Waals surface area contributed by atoms with Crippen molar-refractivity contribution in [2.24, 2.45) is 0 Å². The topological polar surface area (TPSA) is 41.6 Å². The number of carbonyl (C=O) groups is 1. The second-order valence-corrected chi connectivity index (χ2v) is 10.7. The molecule has 39 heavy (non-hydrogen) atoms. The fourth-order valence-corrected chi connectivity index (χ4v) is 5.70. The smallest absolute Gasteiger partial charge is 0.253 e. The molecule has 4 aromatic carbocycles. The van der Waals surface area contributed by atoms with Crippen LogP contribution in [-0.2, 0) is 0 Å². The van der Waals surface area contributed by atoms with E-state index in [2.05, 4.69) is 91.1 Å². The average Bonchev–Trinajstić information content (AvgIpc) is 2.94. The Morgan fingerprint density at radius 1 is 1.00 bits per heavy atom. The van der Waals surface area contributed by atoms with Crippen molar-refractivity contribution in [3.8, 4) is 5.75 Å². The molecule has 1 heterocycles. The minimum Gasteiger partial charge on any atom is -0.490 e. The number of rotatable bonds is 8. The highest BCUT2D eigenvalue weighted by atomic mass is 35.5. The third kappa shape index (κ3) is 6.29. The van der Waals surface area contributed by atoms with Gasteiger partial charge < -0.3 is 15.0 Å². The third-order valence-electron chi connectivity index (χ3n) is 7.83. The molecule has 1 aliphatic heterocycles. The van der Waals surface area contributed by atoms with Gasteiger partial charge in [-0.2, -0.15) is 0 Å². The molecule has 0 aromatic heterocycles. The van der Waals surface area contributed by atoms with E-state index in [-0.39, 0.29) is 36.4 Å². The van der Waals surface area contributed by atoms with E-state index in [9.17, 15) is 4.79 Å². The Balaban J connectivity index is 0.00000353. The van der Waals surface area contributed by atoms with Crippen molar-refractivity contribution in [2.45, 2.75) is 51.2 Å². The van der Waals surface area contributed by atoms with Gasteiger partial charge in [0.2, 0.25) is 0 Å². The predicted octanol–water partition coefficient (Wildman–Crippen LogP) is 7.69. The summed E-state index contributed by atoms with van der Waals surface area (Å²) in [4.78, 5) is 14.5. The lowest BCUT2D eigenvalue weighted by Crippen LogP contribution is -2.28. The summed E-state index contributed by atoms with van der Waals surface area (Å²) < 4.78 is 6.47. The van der Waals surface area contributed by atoms with Crippen LogP contribution in [0.5, 0.6) is 5.75 Å². The molecule has 0 unspecified atom stereocenters. The number of aryl methyl sites for hydroxylation is 1. The minimum absolute atomic E-state index is 0. The number of carbonyl (C=O) groups excluding carboxylic acids is 1. The fourth-order valence-electron chi connectivity index (χ4n) is 5.70. The molecular weight excluding hydrogens is 504 g/mol. The molecule has 0 fully saturated rings. The van der Waals surface area contributed by atoms with Crippen molar-refractivity contribution in [1.82, 2.24) is 10.2 Å². The fraction of sp³-hybridized carbons (Fsp3) is 0.324. The van der Waals surface area contributed by atoms with Crippen molar-refractivity contribution in [3.63, 3.8) is 0 Å². The van der Waals surface area contributed by atoms with E-state index in [0.29, 0.717) is 0 Å². The number of ether oxygens (including phenoxy) is 1. The average molecular weight is 543 g/mol. The summed E-state index contributed by atoms with van der Waals surface area (Å²) in [7, 11) is 3.62. The Bertz CT molecular complexity index is 1430. The largest absolute Gasteiger partial charge is 0.490 e. The van der Waals surface area contributed by atoms with Crippen LogP contribution in [0.15, 0.2) is 84.9 Å². The van der Waals surface area contributed by atoms with Crippen LogP contribution in [0.1, 0.15) is 70.8 Å². The molecule has 1 aliphatic rings. The molecule has 0 bridgehead atoms. The lowest BCUT2D eigenvalue weighted by Gasteiger charge is -2.33. The first kappa shape index (κ1) is 28.7. The summed E-state index contributed by atoms with van der Waals surface area (Å²) in [5, 5.41) is 6.33. The number of hydrogen-bond acceptors (Lipinski definition) is 3. The number of para-hydroxylation sites is 1. The highest BCUT2D eigenvalue weighted by Crippen LogP contribution is 2.41. The zero-order valence-electron chi connectivity index (χ0n) is 23.3. The molecule has 0 aliphatic carbocycles. The predicted molar refractivity (Wildman–Crippen MR) is 163 cm³/mol. The lowest BCUT2D eigenvalue weighted by atomic mass is 9.82. The Morgan fingerprint density at radius 2 is 1.74 bits per heavy atom. The van der Waals surface area contributed by atoms with Crippen molar-refractivity contribution < 1.29 is 9.53 Å². The van der Waals surface area contributed by atoms with Crippen LogP contribution in [0.25, 0.3) is 10.8 Å². The van der Waals surface area contributed by atoms with Gasteiger partial charge in [-0.3, -0.25) is 4.79 Å². The molecule has 5 rings (SSSR count). The maximum absolute atomic E-state index is 12.8. The molecule has 4 nitrogen and oxygen atoms in total. The molecule has 0 radical (unpaired) electrons. The molecule has 204 valence electrons. The van der Waals surface area contributed by atoms with Crippen LogP contribution < -0.4 is 10.1 Å². The number of hydrogen-bond donors (Lipinski definition) is 1. The van der Waals surface area contributed by atoms with E-state index in [1.165, 1.54) is 27.5 Å². The van der Waals surface area contributed by atoms with Gasteiger partial charge in [0, 0.05) is 37.2 Å². The van der Waals surface area contributed by atoms with Crippen LogP contribution in [0.2, 0.25) is 0 Å². The standard InChI is InChI=1S/C34H38N2O2.ClH/c1-23-18-19-26(21-31(23)34(37)36(3)4)32-22-27(38-33-17-8-7-15-30(32)33)13-10-20-35-24(2)28-16-9-12-25-11-5-6-14-29(25)28;/h5-9,11-12,14-19,21,24,27,32,35H,10,13,20,22H2,1-4H3;1H/t24-,27+,32+;/m1./s1. The molecule has 1 amide bonds. The van der Waals surface area contributed by atoms with Crippen LogP contribution >= 0.6 is 12.4 Å². The van der Waals surface area contributed by atoms with Crippen molar-refractivity contribution >= 4 is 29.1 Å². The van der Waals surface area contributed by atoms with E-state index in [1.54, 1.807) is 4.90 Å². The Hall–Kier alpha value is -3.34. The second-order valence-electron chi connectivity index (χ2n) is 10.7. The Kier molecular flexibility index (Phi) is 9.32. The molecule has 0 spiro atoms. The second kappa shape index (κ2) is 12.7. The minimum atomic E-state index is 0. The first-order chi connectivity index (χ1) is 18.4. The van der Waals surface area contributed by atoms with Gasteiger partial charge in [-0.25, -0.2) is 0 Å². The first-order valence-electron chi connectivity index (χ1n) is 13.7. The van der Waals surface area contributed by atoms with Crippen molar-refractivity contribution in [3.05, 3.63) is 113 Å². The molecule has 1 N–H and O–H groups in total. The van der Waals surface area contributed by atoms with Gasteiger partial charge in [-0.05, 0) is 79.3 Å². The van der Waals surface area contributed by atoms with Crippen LogP contribution in [-0.4, -0.2) is 37.6 Å². The highest BCUT2D eigenvalue weighted by molar-refractivity contribution is 5.95. The van der Waals surface area contributed by atoms with Gasteiger partial charge in [-0.1, -0.05) is 72.8 Å². The van der Waals surface area contributed by atoms with Gasteiger partial charge in [0.15, 0.2) is 0 Å². The summed E-state index contributed by atoms with van der Waals surface area (Å²) in [6.07, 6.45) is 3.07. The molecule has 3 atom stereocenters. The zero-order valence-corrected chi connectivity index (χ0v) is 24.1. The highest BCUT2D eigenvalue weighted by Gasteiger charge is 2.30. The number of benzene rings is 4. The molecule has 5 heteroatoms. The summed E-state index contributed by atoms with van der Waals surface area (Å²) in [5.74, 6) is 1.22. The van der Waals surface area contributed by atoms with Gasteiger partial charge in [-0.15, -0.1) is 12.4 Å². The van der Waals surface area contributed by atoms with Crippen LogP contribution in [0.3, 0.4) is 0 Å². The molecule has 0 saturated heterocycles. The summed E-state index contributed by atoms with van der Waals surface area (Å²) in [5.41, 5.74) is 5.52. The maximum Gasteiger partial charge on any atom is 0.253 e. The lowest BCUT2D eigenvalue weighted by molar-refractivity contribution is 0.0826. The first-order valence-corrected chi connectivity index (χ1v) is 13.7. The van der Waals surface area contributed by atoms with E-state index < -0.39 is 0 Å². The molecular formula is C34H39ClN2O2. The summed E-state index contributed by atoms with van der Waals surface area (Å²) in [6, 6.07) is 30.1. The van der Waals surface area contributed by atoms with Crippen LogP contribution in [0, 0.1) is 6.92 Å². The van der Waals surface area contributed by atoms with Crippen LogP contribution in [0.4, 0.5) is 0 Å². The molecule has 0 saturated carbocycles. The van der Waals surface area contributed by atoms with Gasteiger partial charge in [0.25, 0.3) is 5.91 Å². The number of nitrogens with one attached hydrogen (secondary N) is 1. The number of halogens is 1. The number of nitrogens with zero attached hydrogens (tertiary/aromatic N) is 1. The third-order valence-corrected chi connectivity index (χ3v) is 7.83. The van der Waals surface area contributed by atoms with Gasteiger partial charge in [0.1, 0.15) is 5.75 Å². The number of amides is 1. The Morgan fingerprint density at radius 3 is 2.56 bits per heavy atom. The van der Waals surface area contributed by atoms with Crippen molar-refractivity contribution in [1.29, 1.82) is 0 Å². The van der Waals surface area contributed by atoms with E-state index >= 15 is 0 Å². The monoisotopic (exact) mass is 542 g/mol. The Labute approximate surface area is 238 Å². The summed E-state index contributed by atoms with van der Waals surface area (Å²) >= 11 is 0.